The predicted molar refractivity (Wildman–Crippen MR) is 208 cm³/mol. The van der Waals surface area contributed by atoms with Crippen LogP contribution in [0.25, 0.3) is 0 Å². The van der Waals surface area contributed by atoms with Crippen LogP contribution in [0.2, 0.25) is 0 Å². The number of imide groups is 1. The zero-order chi connectivity index (χ0) is 39.1. The van der Waals surface area contributed by atoms with Crippen molar-refractivity contribution >= 4 is 34.8 Å². The Kier molecular flexibility index (Phi) is 10.4. The van der Waals surface area contributed by atoms with Gasteiger partial charge < -0.3 is 19.6 Å². The minimum absolute atomic E-state index is 0.126. The number of halogens is 3. The first-order valence-corrected chi connectivity index (χ1v) is 19.9. The molecule has 3 aromatic rings. The number of anilines is 3. The van der Waals surface area contributed by atoms with E-state index >= 15 is 0 Å². The second-order valence-electron chi connectivity index (χ2n) is 16.1. The standard InChI is InChI=1S/C43H48F3N7O3/c1-28-37(9-4-32(25-47)40(28)43(44,45)46)52-18-14-31(15-19-52)30-2-5-34(6-3-30)50-16-12-29(13-17-50)26-49-20-22-51(23-21-49)35-7-8-36-33(24-35)27-53(42(36)56)38-10-11-39(54)48-41(38)55/h2-9,24,29,31,38H,10-23,26-27H2,1H3,(H,48,54,55). The zero-order valence-electron chi connectivity index (χ0n) is 31.8. The number of hydrogen-bond donors (Lipinski definition) is 1. The maximum absolute atomic E-state index is 13.8. The Bertz CT molecular complexity index is 2020. The molecule has 0 bridgehead atoms. The lowest BCUT2D eigenvalue weighted by Crippen LogP contribution is -2.52. The van der Waals surface area contributed by atoms with E-state index in [1.165, 1.54) is 24.2 Å². The van der Waals surface area contributed by atoms with Crippen LogP contribution in [0.5, 0.6) is 0 Å². The summed E-state index contributed by atoms with van der Waals surface area (Å²) in [5.74, 6) is 0.193. The molecule has 0 aromatic heterocycles. The van der Waals surface area contributed by atoms with Gasteiger partial charge in [-0.15, -0.1) is 0 Å². The number of piperidine rings is 3. The number of amides is 3. The van der Waals surface area contributed by atoms with Gasteiger partial charge in [0.1, 0.15) is 6.04 Å². The van der Waals surface area contributed by atoms with Crippen molar-refractivity contribution in [2.24, 2.45) is 5.92 Å². The molecule has 3 amide bonds. The SMILES string of the molecule is Cc1c(N2CCC(c3ccc(N4CCC(CN5CCN(c6ccc7c(c6)CN(C6CCC(=O)NC6=O)C7=O)CC5)CC4)cc3)CC2)ccc(C#N)c1C(F)(F)F. The van der Waals surface area contributed by atoms with E-state index in [-0.39, 0.29) is 35.3 Å². The van der Waals surface area contributed by atoms with Gasteiger partial charge in [-0.3, -0.25) is 24.6 Å². The molecular formula is C43H48F3N7O3. The highest BCUT2D eigenvalue weighted by molar-refractivity contribution is 6.05. The number of alkyl halides is 3. The van der Waals surface area contributed by atoms with Crippen molar-refractivity contribution in [2.75, 3.05) is 73.6 Å². The first kappa shape index (κ1) is 37.8. The van der Waals surface area contributed by atoms with Gasteiger partial charge in [0, 0.05) is 94.5 Å². The molecule has 1 N–H and O–H groups in total. The molecule has 5 aliphatic rings. The Hall–Kier alpha value is -5.09. The molecule has 4 fully saturated rings. The van der Waals surface area contributed by atoms with E-state index in [0.717, 1.165) is 82.7 Å². The normalized spacial score (nSPS) is 21.7. The number of rotatable bonds is 7. The fourth-order valence-corrected chi connectivity index (χ4v) is 9.60. The molecule has 4 saturated heterocycles. The van der Waals surface area contributed by atoms with Gasteiger partial charge in [-0.2, -0.15) is 18.4 Å². The molecule has 1 unspecified atom stereocenters. The summed E-state index contributed by atoms with van der Waals surface area (Å²) in [6.07, 6.45) is 0.0545. The molecule has 8 rings (SSSR count). The van der Waals surface area contributed by atoms with Crippen LogP contribution in [-0.2, 0) is 22.3 Å². The molecule has 1 atom stereocenters. The maximum atomic E-state index is 13.8. The first-order chi connectivity index (χ1) is 27.0. The Morgan fingerprint density at radius 1 is 0.786 bits per heavy atom. The average molecular weight is 768 g/mol. The first-order valence-electron chi connectivity index (χ1n) is 19.9. The second kappa shape index (κ2) is 15.4. The number of nitrogens with one attached hydrogen (secondary N) is 1. The van der Waals surface area contributed by atoms with Crippen LogP contribution in [0.4, 0.5) is 30.2 Å². The third-order valence-electron chi connectivity index (χ3n) is 12.8. The van der Waals surface area contributed by atoms with Gasteiger partial charge in [0.25, 0.3) is 5.91 Å². The molecule has 0 aliphatic carbocycles. The van der Waals surface area contributed by atoms with Crippen molar-refractivity contribution < 1.29 is 27.6 Å². The third-order valence-corrected chi connectivity index (χ3v) is 12.8. The van der Waals surface area contributed by atoms with E-state index in [9.17, 15) is 32.8 Å². The van der Waals surface area contributed by atoms with E-state index in [2.05, 4.69) is 50.3 Å². The van der Waals surface area contributed by atoms with Gasteiger partial charge in [0.2, 0.25) is 11.8 Å². The summed E-state index contributed by atoms with van der Waals surface area (Å²) in [6, 6.07) is 19.0. The van der Waals surface area contributed by atoms with Gasteiger partial charge in [-0.05, 0) is 110 Å². The highest BCUT2D eigenvalue weighted by atomic mass is 19.4. The smallest absolute Gasteiger partial charge is 0.372 e. The number of hydrogen-bond acceptors (Lipinski definition) is 8. The number of nitrogens with zero attached hydrogens (tertiary/aromatic N) is 6. The summed E-state index contributed by atoms with van der Waals surface area (Å²) in [6.45, 7) is 10.2. The number of fused-ring (bicyclic) bond motifs is 1. The number of piperazine rings is 1. The van der Waals surface area contributed by atoms with Crippen LogP contribution in [0.3, 0.4) is 0 Å². The van der Waals surface area contributed by atoms with Crippen LogP contribution in [0.15, 0.2) is 54.6 Å². The zero-order valence-corrected chi connectivity index (χ0v) is 31.8. The molecular weight excluding hydrogens is 720 g/mol. The Morgan fingerprint density at radius 3 is 2.11 bits per heavy atom. The summed E-state index contributed by atoms with van der Waals surface area (Å²) in [5.41, 5.74) is 4.73. The summed E-state index contributed by atoms with van der Waals surface area (Å²) in [7, 11) is 0. The van der Waals surface area contributed by atoms with Crippen molar-refractivity contribution in [1.29, 1.82) is 5.26 Å². The fourth-order valence-electron chi connectivity index (χ4n) is 9.60. The van der Waals surface area contributed by atoms with Crippen LogP contribution in [0, 0.1) is 24.2 Å². The van der Waals surface area contributed by atoms with E-state index in [1.807, 2.05) is 17.0 Å². The van der Waals surface area contributed by atoms with E-state index in [0.29, 0.717) is 49.1 Å². The lowest BCUT2D eigenvalue weighted by atomic mass is 9.88. The molecule has 10 nitrogen and oxygen atoms in total. The molecule has 0 saturated carbocycles. The Labute approximate surface area is 325 Å². The predicted octanol–water partition coefficient (Wildman–Crippen LogP) is 6.07. The minimum atomic E-state index is -4.57. The summed E-state index contributed by atoms with van der Waals surface area (Å²) < 4.78 is 41.3. The molecule has 13 heteroatoms. The largest absolute Gasteiger partial charge is 0.418 e. The molecule has 0 spiro atoms. The monoisotopic (exact) mass is 767 g/mol. The number of carbonyl (C=O) groups is 3. The van der Waals surface area contributed by atoms with Gasteiger partial charge in [-0.1, -0.05) is 12.1 Å². The van der Waals surface area contributed by atoms with E-state index < -0.39 is 17.8 Å². The quantitative estimate of drug-likeness (QED) is 0.290. The molecule has 5 heterocycles. The van der Waals surface area contributed by atoms with Gasteiger partial charge in [0.05, 0.1) is 17.2 Å². The molecule has 0 radical (unpaired) electrons. The Balaban J connectivity index is 0.780. The van der Waals surface area contributed by atoms with Crippen molar-refractivity contribution in [1.82, 2.24) is 15.1 Å². The number of benzene rings is 3. The van der Waals surface area contributed by atoms with E-state index in [4.69, 9.17) is 0 Å². The van der Waals surface area contributed by atoms with Gasteiger partial charge >= 0.3 is 6.18 Å². The maximum Gasteiger partial charge on any atom is 0.418 e. The van der Waals surface area contributed by atoms with Crippen LogP contribution in [-0.4, -0.2) is 92.5 Å². The number of nitriles is 1. The van der Waals surface area contributed by atoms with E-state index in [1.54, 1.807) is 17.0 Å². The molecule has 294 valence electrons. The number of carbonyl (C=O) groups excluding carboxylic acids is 3. The fraction of sp³-hybridized carbons (Fsp3) is 0.488. The summed E-state index contributed by atoms with van der Waals surface area (Å²) >= 11 is 0. The minimum Gasteiger partial charge on any atom is -0.372 e. The third kappa shape index (κ3) is 7.55. The highest BCUT2D eigenvalue weighted by Gasteiger charge is 2.40. The second-order valence-corrected chi connectivity index (χ2v) is 16.1. The van der Waals surface area contributed by atoms with Gasteiger partial charge in [-0.25, -0.2) is 0 Å². The van der Waals surface area contributed by atoms with Crippen LogP contribution >= 0.6 is 0 Å². The van der Waals surface area contributed by atoms with Crippen molar-refractivity contribution in [3.8, 4) is 6.07 Å². The van der Waals surface area contributed by atoms with Crippen LogP contribution in [0.1, 0.15) is 82.6 Å². The van der Waals surface area contributed by atoms with Crippen molar-refractivity contribution in [3.63, 3.8) is 0 Å². The van der Waals surface area contributed by atoms with Crippen molar-refractivity contribution in [3.05, 3.63) is 88.0 Å². The van der Waals surface area contributed by atoms with Crippen molar-refractivity contribution in [2.45, 2.75) is 70.1 Å². The lowest BCUT2D eigenvalue weighted by molar-refractivity contribution is -0.138. The molecule has 5 aliphatic heterocycles. The molecule has 56 heavy (non-hydrogen) atoms. The Morgan fingerprint density at radius 2 is 1.45 bits per heavy atom. The summed E-state index contributed by atoms with van der Waals surface area (Å²) in [5, 5.41) is 11.6. The highest BCUT2D eigenvalue weighted by Crippen LogP contribution is 2.40. The van der Waals surface area contributed by atoms with Gasteiger partial charge in [0.15, 0.2) is 0 Å². The topological polar surface area (TPSA) is 103 Å². The lowest BCUT2D eigenvalue weighted by Gasteiger charge is -2.40. The summed E-state index contributed by atoms with van der Waals surface area (Å²) in [4.78, 5) is 48.2. The molecule has 3 aromatic carbocycles. The van der Waals surface area contributed by atoms with Crippen LogP contribution < -0.4 is 20.0 Å². The average Bonchev–Trinajstić information content (AvgIpc) is 3.52.